The van der Waals surface area contributed by atoms with Gasteiger partial charge < -0.3 is 15.2 Å². The van der Waals surface area contributed by atoms with Crippen LogP contribution < -0.4 is 5.73 Å². The van der Waals surface area contributed by atoms with Crippen molar-refractivity contribution in [2.24, 2.45) is 0 Å². The zero-order valence-corrected chi connectivity index (χ0v) is 11.3. The van der Waals surface area contributed by atoms with E-state index in [0.717, 1.165) is 5.56 Å². The van der Waals surface area contributed by atoms with Crippen LogP contribution in [0, 0.1) is 0 Å². The van der Waals surface area contributed by atoms with Crippen molar-refractivity contribution in [2.75, 3.05) is 18.9 Å². The predicted octanol–water partition coefficient (Wildman–Crippen LogP) is 1.94. The van der Waals surface area contributed by atoms with Gasteiger partial charge in [-0.3, -0.25) is 4.79 Å². The highest BCUT2D eigenvalue weighted by Crippen LogP contribution is 2.17. The second-order valence-electron chi connectivity index (χ2n) is 3.94. The molecule has 0 heterocycles. The molecule has 1 aromatic rings. The van der Waals surface area contributed by atoms with Crippen LogP contribution in [0.1, 0.15) is 36.2 Å². The first-order valence-corrected chi connectivity index (χ1v) is 6.29. The number of nitrogens with two attached hydrogens (primary N) is 1. The number of anilines is 1. The number of hydrogen-bond donors (Lipinski definition) is 1. The first-order chi connectivity index (χ1) is 9.08. The lowest BCUT2D eigenvalue weighted by molar-refractivity contribution is -0.143. The normalized spacial score (nSPS) is 10.0. The first-order valence-electron chi connectivity index (χ1n) is 6.29. The maximum atomic E-state index is 11.6. The third-order valence-corrected chi connectivity index (χ3v) is 2.56. The van der Waals surface area contributed by atoms with E-state index in [2.05, 4.69) is 0 Å². The van der Waals surface area contributed by atoms with Gasteiger partial charge >= 0.3 is 11.9 Å². The molecule has 0 bridgehead atoms. The number of nitrogen functional groups attached to an aromatic ring is 1. The Kier molecular flexibility index (Phi) is 5.85. The standard InChI is InChI=1S/C14H19NO4/c1-3-18-13(16)8-6-10-9-11(5-7-12(10)15)14(17)19-4-2/h5,7,9H,3-4,6,8,15H2,1-2H3. The van der Waals surface area contributed by atoms with Gasteiger partial charge in [-0.1, -0.05) is 0 Å². The van der Waals surface area contributed by atoms with Crippen molar-refractivity contribution in [3.8, 4) is 0 Å². The van der Waals surface area contributed by atoms with E-state index >= 15 is 0 Å². The number of carbonyl (C=O) groups is 2. The van der Waals surface area contributed by atoms with Crippen LogP contribution in [-0.2, 0) is 20.7 Å². The molecule has 0 aliphatic rings. The average molecular weight is 265 g/mol. The Balaban J connectivity index is 2.74. The number of aryl methyl sites for hydroxylation is 1. The second kappa shape index (κ2) is 7.41. The lowest BCUT2D eigenvalue weighted by Crippen LogP contribution is -2.09. The van der Waals surface area contributed by atoms with Crippen LogP contribution in [0.2, 0.25) is 0 Å². The number of benzene rings is 1. The average Bonchev–Trinajstić information content (AvgIpc) is 2.38. The van der Waals surface area contributed by atoms with E-state index in [4.69, 9.17) is 15.2 Å². The van der Waals surface area contributed by atoms with Crippen molar-refractivity contribution < 1.29 is 19.1 Å². The van der Waals surface area contributed by atoms with E-state index < -0.39 is 0 Å². The van der Waals surface area contributed by atoms with E-state index in [1.165, 1.54) is 0 Å². The summed E-state index contributed by atoms with van der Waals surface area (Å²) in [5.41, 5.74) is 7.56. The fourth-order valence-electron chi connectivity index (χ4n) is 1.63. The van der Waals surface area contributed by atoms with Crippen LogP contribution in [-0.4, -0.2) is 25.2 Å². The second-order valence-corrected chi connectivity index (χ2v) is 3.94. The lowest BCUT2D eigenvalue weighted by Gasteiger charge is -2.08. The molecule has 0 amide bonds. The van der Waals surface area contributed by atoms with E-state index in [1.54, 1.807) is 32.0 Å². The van der Waals surface area contributed by atoms with Gasteiger partial charge in [-0.05, 0) is 44.0 Å². The van der Waals surface area contributed by atoms with Gasteiger partial charge in [0.2, 0.25) is 0 Å². The molecular formula is C14H19NO4. The molecule has 0 saturated carbocycles. The van der Waals surface area contributed by atoms with Crippen LogP contribution in [0.5, 0.6) is 0 Å². The summed E-state index contributed by atoms with van der Waals surface area (Å²) >= 11 is 0. The summed E-state index contributed by atoms with van der Waals surface area (Å²) in [5.74, 6) is -0.664. The van der Waals surface area contributed by atoms with Gasteiger partial charge in [-0.25, -0.2) is 4.79 Å². The van der Waals surface area contributed by atoms with Gasteiger partial charge in [0.1, 0.15) is 0 Å². The van der Waals surface area contributed by atoms with E-state index in [0.29, 0.717) is 30.9 Å². The minimum atomic E-state index is -0.389. The van der Waals surface area contributed by atoms with E-state index in [-0.39, 0.29) is 18.4 Å². The Morgan fingerprint density at radius 1 is 1.16 bits per heavy atom. The van der Waals surface area contributed by atoms with Crippen LogP contribution in [0.25, 0.3) is 0 Å². The summed E-state index contributed by atoms with van der Waals surface area (Å²) in [7, 11) is 0. The Hall–Kier alpha value is -2.04. The summed E-state index contributed by atoms with van der Waals surface area (Å²) in [6.45, 7) is 4.18. The number of esters is 2. The highest BCUT2D eigenvalue weighted by Gasteiger charge is 2.10. The minimum absolute atomic E-state index is 0.240. The Morgan fingerprint density at radius 2 is 1.84 bits per heavy atom. The topological polar surface area (TPSA) is 78.6 Å². The highest BCUT2D eigenvalue weighted by atomic mass is 16.5. The number of ether oxygens (including phenoxy) is 2. The Bertz CT molecular complexity index is 457. The summed E-state index contributed by atoms with van der Waals surface area (Å²) in [5, 5.41) is 0. The molecule has 0 saturated heterocycles. The zero-order valence-electron chi connectivity index (χ0n) is 11.3. The number of hydrogen-bond acceptors (Lipinski definition) is 5. The van der Waals surface area contributed by atoms with Crippen molar-refractivity contribution in [1.29, 1.82) is 0 Å². The van der Waals surface area contributed by atoms with Crippen LogP contribution in [0.3, 0.4) is 0 Å². The fraction of sp³-hybridized carbons (Fsp3) is 0.429. The molecule has 0 aromatic heterocycles. The van der Waals surface area contributed by atoms with E-state index in [1.807, 2.05) is 0 Å². The van der Waals surface area contributed by atoms with Crippen LogP contribution in [0.4, 0.5) is 5.69 Å². The van der Waals surface area contributed by atoms with Gasteiger partial charge in [0.25, 0.3) is 0 Å². The Labute approximate surface area is 112 Å². The van der Waals surface area contributed by atoms with Gasteiger partial charge in [-0.2, -0.15) is 0 Å². The molecule has 0 fully saturated rings. The van der Waals surface area contributed by atoms with Gasteiger partial charge in [-0.15, -0.1) is 0 Å². The van der Waals surface area contributed by atoms with Gasteiger partial charge in [0, 0.05) is 12.1 Å². The number of carbonyl (C=O) groups excluding carboxylic acids is 2. The molecule has 19 heavy (non-hydrogen) atoms. The van der Waals surface area contributed by atoms with Gasteiger partial charge in [0.15, 0.2) is 0 Å². The summed E-state index contributed by atoms with van der Waals surface area (Å²) in [4.78, 5) is 22.9. The van der Waals surface area contributed by atoms with E-state index in [9.17, 15) is 9.59 Å². The maximum absolute atomic E-state index is 11.6. The SMILES string of the molecule is CCOC(=O)CCc1cc(C(=O)OCC)ccc1N. The first kappa shape index (κ1) is 15.0. The fourth-order valence-corrected chi connectivity index (χ4v) is 1.63. The summed E-state index contributed by atoms with van der Waals surface area (Å²) < 4.78 is 9.76. The monoisotopic (exact) mass is 265 g/mol. The molecule has 1 rings (SSSR count). The summed E-state index contributed by atoms with van der Waals surface area (Å²) in [6.07, 6.45) is 0.683. The molecule has 0 aliphatic carbocycles. The Morgan fingerprint density at radius 3 is 2.47 bits per heavy atom. The lowest BCUT2D eigenvalue weighted by atomic mass is 10.0. The van der Waals surface area contributed by atoms with Crippen molar-refractivity contribution >= 4 is 17.6 Å². The molecule has 104 valence electrons. The predicted molar refractivity (Wildman–Crippen MR) is 71.8 cm³/mol. The number of rotatable bonds is 6. The van der Waals surface area contributed by atoms with Crippen LogP contribution in [0.15, 0.2) is 18.2 Å². The van der Waals surface area contributed by atoms with Crippen LogP contribution >= 0.6 is 0 Å². The highest BCUT2D eigenvalue weighted by molar-refractivity contribution is 5.90. The molecule has 0 atom stereocenters. The minimum Gasteiger partial charge on any atom is -0.466 e. The molecular weight excluding hydrogens is 246 g/mol. The molecule has 0 unspecified atom stereocenters. The molecule has 0 spiro atoms. The third-order valence-electron chi connectivity index (χ3n) is 2.56. The van der Waals surface area contributed by atoms with Crippen molar-refractivity contribution in [3.63, 3.8) is 0 Å². The smallest absolute Gasteiger partial charge is 0.338 e. The third kappa shape index (κ3) is 4.62. The molecule has 5 heteroatoms. The zero-order chi connectivity index (χ0) is 14.3. The van der Waals surface area contributed by atoms with Crippen molar-refractivity contribution in [1.82, 2.24) is 0 Å². The quantitative estimate of drug-likeness (QED) is 0.628. The molecule has 5 nitrogen and oxygen atoms in total. The molecule has 0 aliphatic heterocycles. The van der Waals surface area contributed by atoms with Crippen molar-refractivity contribution in [2.45, 2.75) is 26.7 Å². The molecule has 1 aromatic carbocycles. The van der Waals surface area contributed by atoms with Crippen molar-refractivity contribution in [3.05, 3.63) is 29.3 Å². The largest absolute Gasteiger partial charge is 0.466 e. The molecule has 0 radical (unpaired) electrons. The molecule has 2 N–H and O–H groups in total. The van der Waals surface area contributed by atoms with Gasteiger partial charge in [0.05, 0.1) is 18.8 Å². The maximum Gasteiger partial charge on any atom is 0.338 e. The summed E-state index contributed by atoms with van der Waals surface area (Å²) in [6, 6.07) is 4.92.